The van der Waals surface area contributed by atoms with Crippen LogP contribution in [0.25, 0.3) is 0 Å². The number of rotatable bonds is 7. The Kier molecular flexibility index (Phi) is 6.00. The quantitative estimate of drug-likeness (QED) is 0.776. The van der Waals surface area contributed by atoms with E-state index in [2.05, 4.69) is 20.7 Å². The largest absolute Gasteiger partial charge is 0.396 e. The van der Waals surface area contributed by atoms with Gasteiger partial charge in [0.1, 0.15) is 4.21 Å². The van der Waals surface area contributed by atoms with Gasteiger partial charge in [-0.3, -0.25) is 0 Å². The first-order chi connectivity index (χ1) is 8.68. The molecule has 0 unspecified atom stereocenters. The van der Waals surface area contributed by atoms with Crippen LogP contribution in [0.1, 0.15) is 32.3 Å². The fourth-order valence-electron chi connectivity index (χ4n) is 1.57. The lowest BCUT2D eigenvalue weighted by atomic mass is 9.88. The fraction of sp³-hybridized carbons (Fsp3) is 0.667. The summed E-state index contributed by atoms with van der Waals surface area (Å²) in [6.07, 6.45) is 1.46. The first-order valence-electron chi connectivity index (χ1n) is 6.04. The maximum Gasteiger partial charge on any atom is 0.250 e. The van der Waals surface area contributed by atoms with Crippen molar-refractivity contribution in [2.45, 2.75) is 37.8 Å². The molecule has 2 N–H and O–H groups in total. The molecule has 0 aromatic carbocycles. The minimum absolute atomic E-state index is 0.132. The molecule has 0 aliphatic rings. The Morgan fingerprint density at radius 3 is 2.58 bits per heavy atom. The Bertz CT molecular complexity index is 504. The molecule has 19 heavy (non-hydrogen) atoms. The summed E-state index contributed by atoms with van der Waals surface area (Å²) in [6.45, 7) is 6.34. The van der Waals surface area contributed by atoms with E-state index in [4.69, 9.17) is 5.11 Å². The van der Waals surface area contributed by atoms with E-state index in [0.717, 1.165) is 15.8 Å². The van der Waals surface area contributed by atoms with Crippen LogP contribution in [0.2, 0.25) is 0 Å². The lowest BCUT2D eigenvalue weighted by Gasteiger charge is -2.24. The van der Waals surface area contributed by atoms with Crippen molar-refractivity contribution in [2.75, 3.05) is 13.2 Å². The number of sulfonamides is 1. The summed E-state index contributed by atoms with van der Waals surface area (Å²) in [4.78, 5) is 0. The third kappa shape index (κ3) is 5.15. The molecule has 0 atom stereocenters. The van der Waals surface area contributed by atoms with E-state index >= 15 is 0 Å². The molecule has 1 rings (SSSR count). The van der Waals surface area contributed by atoms with Crippen LogP contribution in [0, 0.1) is 12.3 Å². The summed E-state index contributed by atoms with van der Waals surface area (Å²) in [7, 11) is -3.44. The molecular formula is C12H20BrNO3S2. The van der Waals surface area contributed by atoms with Gasteiger partial charge < -0.3 is 5.11 Å². The van der Waals surface area contributed by atoms with E-state index in [1.54, 1.807) is 6.07 Å². The predicted molar refractivity (Wildman–Crippen MR) is 82.0 cm³/mol. The van der Waals surface area contributed by atoms with Crippen molar-refractivity contribution in [3.63, 3.8) is 0 Å². The van der Waals surface area contributed by atoms with Gasteiger partial charge in [0.05, 0.1) is 3.79 Å². The maximum absolute atomic E-state index is 12.1. The van der Waals surface area contributed by atoms with Gasteiger partial charge in [-0.25, -0.2) is 13.1 Å². The molecule has 1 heterocycles. The van der Waals surface area contributed by atoms with Gasteiger partial charge in [-0.15, -0.1) is 11.3 Å². The molecule has 0 aliphatic heterocycles. The van der Waals surface area contributed by atoms with Gasteiger partial charge in [-0.05, 0) is 52.7 Å². The number of hydrogen-bond acceptors (Lipinski definition) is 4. The van der Waals surface area contributed by atoms with Gasteiger partial charge in [-0.1, -0.05) is 13.8 Å². The number of halogens is 1. The molecule has 0 aliphatic carbocycles. The zero-order chi connectivity index (χ0) is 14.7. The number of hydrogen-bond donors (Lipinski definition) is 2. The number of aliphatic hydroxyl groups excluding tert-OH is 1. The first kappa shape index (κ1) is 17.1. The van der Waals surface area contributed by atoms with E-state index in [0.29, 0.717) is 17.2 Å². The second-order valence-electron chi connectivity index (χ2n) is 5.34. The Hall–Kier alpha value is 0.0500. The fourth-order valence-corrected chi connectivity index (χ4v) is 5.08. The average Bonchev–Trinajstić information content (AvgIpc) is 2.66. The molecule has 0 saturated carbocycles. The highest BCUT2D eigenvalue weighted by atomic mass is 79.9. The van der Waals surface area contributed by atoms with Crippen LogP contribution < -0.4 is 4.72 Å². The van der Waals surface area contributed by atoms with Crippen LogP contribution in [-0.2, 0) is 10.0 Å². The predicted octanol–water partition coefficient (Wildman–Crippen LogP) is 2.90. The molecule has 0 fully saturated rings. The number of thiophene rings is 1. The van der Waals surface area contributed by atoms with E-state index in [1.165, 1.54) is 11.3 Å². The third-order valence-corrected chi connectivity index (χ3v) is 6.86. The van der Waals surface area contributed by atoms with Crippen LogP contribution in [0.5, 0.6) is 0 Å². The highest BCUT2D eigenvalue weighted by molar-refractivity contribution is 9.11. The van der Waals surface area contributed by atoms with Crippen molar-refractivity contribution < 1.29 is 13.5 Å². The summed E-state index contributed by atoms with van der Waals surface area (Å²) >= 11 is 4.55. The topological polar surface area (TPSA) is 66.4 Å². The second-order valence-corrected chi connectivity index (χ2v) is 9.70. The third-order valence-electron chi connectivity index (χ3n) is 2.85. The van der Waals surface area contributed by atoms with Gasteiger partial charge in [-0.2, -0.15) is 0 Å². The van der Waals surface area contributed by atoms with Crippen molar-refractivity contribution in [3.05, 3.63) is 15.4 Å². The van der Waals surface area contributed by atoms with Crippen LogP contribution in [-0.4, -0.2) is 26.7 Å². The summed E-state index contributed by atoms with van der Waals surface area (Å²) in [5.74, 6) is 0. The molecule has 1 aromatic heterocycles. The number of aryl methyl sites for hydroxylation is 1. The standard InChI is InChI=1S/C12H20BrNO3S2/c1-9-7-10(18-11(9)13)19(16,17)14-8-12(2,3)5-4-6-15/h7,14-15H,4-6,8H2,1-3H3. The van der Waals surface area contributed by atoms with Crippen LogP contribution in [0.15, 0.2) is 14.1 Å². The SMILES string of the molecule is Cc1cc(S(=O)(=O)NCC(C)(C)CCCO)sc1Br. The lowest BCUT2D eigenvalue weighted by Crippen LogP contribution is -2.33. The van der Waals surface area contributed by atoms with Crippen molar-refractivity contribution in [1.29, 1.82) is 0 Å². The molecule has 4 nitrogen and oxygen atoms in total. The van der Waals surface area contributed by atoms with E-state index in [1.807, 2.05) is 20.8 Å². The first-order valence-corrected chi connectivity index (χ1v) is 9.14. The van der Waals surface area contributed by atoms with Gasteiger partial charge in [0.15, 0.2) is 0 Å². The number of aliphatic hydroxyl groups is 1. The Labute approximate surface area is 127 Å². The average molecular weight is 370 g/mol. The normalized spacial score (nSPS) is 12.9. The maximum atomic E-state index is 12.1. The van der Waals surface area contributed by atoms with Gasteiger partial charge in [0, 0.05) is 13.2 Å². The van der Waals surface area contributed by atoms with Gasteiger partial charge in [0.25, 0.3) is 0 Å². The summed E-state index contributed by atoms with van der Waals surface area (Å²) < 4.78 is 28.1. The van der Waals surface area contributed by atoms with E-state index < -0.39 is 10.0 Å². The highest BCUT2D eigenvalue weighted by Crippen LogP contribution is 2.31. The second kappa shape index (κ2) is 6.67. The molecule has 0 saturated heterocycles. The molecule has 7 heteroatoms. The van der Waals surface area contributed by atoms with Crippen molar-refractivity contribution in [3.8, 4) is 0 Å². The minimum atomic E-state index is -3.44. The zero-order valence-electron chi connectivity index (χ0n) is 11.4. The van der Waals surface area contributed by atoms with E-state index in [-0.39, 0.29) is 12.0 Å². The van der Waals surface area contributed by atoms with Crippen LogP contribution in [0.4, 0.5) is 0 Å². The lowest BCUT2D eigenvalue weighted by molar-refractivity contribution is 0.242. The highest BCUT2D eigenvalue weighted by Gasteiger charge is 2.23. The smallest absolute Gasteiger partial charge is 0.250 e. The van der Waals surface area contributed by atoms with Crippen molar-refractivity contribution in [2.24, 2.45) is 5.41 Å². The summed E-state index contributed by atoms with van der Waals surface area (Å²) in [5, 5.41) is 8.83. The monoisotopic (exact) mass is 369 g/mol. The van der Waals surface area contributed by atoms with Gasteiger partial charge in [0.2, 0.25) is 10.0 Å². The molecular weight excluding hydrogens is 350 g/mol. The Balaban J connectivity index is 2.70. The van der Waals surface area contributed by atoms with E-state index in [9.17, 15) is 8.42 Å². The molecule has 0 bridgehead atoms. The Morgan fingerprint density at radius 2 is 2.11 bits per heavy atom. The van der Waals surface area contributed by atoms with Gasteiger partial charge >= 0.3 is 0 Å². The number of nitrogens with one attached hydrogen (secondary N) is 1. The molecule has 0 radical (unpaired) electrons. The van der Waals surface area contributed by atoms with Crippen molar-refractivity contribution in [1.82, 2.24) is 4.72 Å². The summed E-state index contributed by atoms with van der Waals surface area (Å²) in [6, 6.07) is 1.66. The Morgan fingerprint density at radius 1 is 1.47 bits per heavy atom. The molecule has 110 valence electrons. The van der Waals surface area contributed by atoms with Crippen LogP contribution >= 0.6 is 27.3 Å². The molecule has 0 amide bonds. The van der Waals surface area contributed by atoms with Crippen molar-refractivity contribution >= 4 is 37.3 Å². The van der Waals surface area contributed by atoms with Crippen LogP contribution in [0.3, 0.4) is 0 Å². The summed E-state index contributed by atoms with van der Waals surface area (Å²) in [5.41, 5.74) is 0.754. The molecule has 1 aromatic rings. The zero-order valence-corrected chi connectivity index (χ0v) is 14.6. The minimum Gasteiger partial charge on any atom is -0.396 e. The molecule has 0 spiro atoms.